The molecule has 1 amide bonds. The molecule has 37 heavy (non-hydrogen) atoms. The number of halogens is 4. The third kappa shape index (κ3) is 7.87. The second kappa shape index (κ2) is 11.1. The van der Waals surface area contributed by atoms with Crippen molar-refractivity contribution >= 4 is 15.9 Å². The minimum absolute atomic E-state index is 0.0363. The first kappa shape index (κ1) is 27.8. The van der Waals surface area contributed by atoms with Crippen molar-refractivity contribution in [3.8, 4) is 22.9 Å². The second-order valence-corrected chi connectivity index (χ2v) is 10.0. The summed E-state index contributed by atoms with van der Waals surface area (Å²) in [5.74, 6) is -2.46. The number of aryl methyl sites for hydroxylation is 1. The molecule has 0 aliphatic carbocycles. The highest BCUT2D eigenvalue weighted by Crippen LogP contribution is 2.29. The lowest BCUT2D eigenvalue weighted by atomic mass is 10.1. The van der Waals surface area contributed by atoms with Crippen molar-refractivity contribution in [2.75, 3.05) is 13.2 Å². The molecule has 8 nitrogen and oxygen atoms in total. The van der Waals surface area contributed by atoms with Crippen LogP contribution in [0.4, 0.5) is 17.6 Å². The number of sulfonamides is 1. The Hall–Kier alpha value is -3.74. The van der Waals surface area contributed by atoms with Gasteiger partial charge in [-0.05, 0) is 49.2 Å². The first-order valence-corrected chi connectivity index (χ1v) is 12.4. The Labute approximate surface area is 210 Å². The molecule has 2 aromatic heterocycles. The van der Waals surface area contributed by atoms with Crippen molar-refractivity contribution in [2.45, 2.75) is 32.0 Å². The SMILES string of the molecule is Cc1cccc(S(=O)(=O)NC(=O)c2ccc(-c3cc(F)cc(OCC(C)C)c3)nc2OCC(F)(F)F)n1. The van der Waals surface area contributed by atoms with Gasteiger partial charge in [0, 0.05) is 17.3 Å². The number of hydrogen-bond donors (Lipinski definition) is 1. The number of carbonyl (C=O) groups is 1. The van der Waals surface area contributed by atoms with Gasteiger partial charge in [0.05, 0.1) is 12.3 Å². The van der Waals surface area contributed by atoms with E-state index >= 15 is 0 Å². The van der Waals surface area contributed by atoms with E-state index < -0.39 is 51.0 Å². The number of nitrogens with zero attached hydrogens (tertiary/aromatic N) is 2. The van der Waals surface area contributed by atoms with Crippen LogP contribution >= 0.6 is 0 Å². The maximum atomic E-state index is 14.2. The van der Waals surface area contributed by atoms with Crippen LogP contribution in [0.2, 0.25) is 0 Å². The van der Waals surface area contributed by atoms with Gasteiger partial charge < -0.3 is 9.47 Å². The fourth-order valence-corrected chi connectivity index (χ4v) is 3.97. The first-order valence-electron chi connectivity index (χ1n) is 10.9. The van der Waals surface area contributed by atoms with Gasteiger partial charge in [-0.3, -0.25) is 4.79 Å². The van der Waals surface area contributed by atoms with Crippen LogP contribution in [-0.4, -0.2) is 43.7 Å². The zero-order valence-corrected chi connectivity index (χ0v) is 20.8. The summed E-state index contributed by atoms with van der Waals surface area (Å²) < 4.78 is 89.9. The average molecular weight is 542 g/mol. The van der Waals surface area contributed by atoms with Crippen LogP contribution in [0, 0.1) is 18.7 Å². The van der Waals surface area contributed by atoms with E-state index in [1.54, 1.807) is 4.72 Å². The molecule has 0 fully saturated rings. The smallest absolute Gasteiger partial charge is 0.422 e. The molecule has 0 aliphatic rings. The number of carbonyl (C=O) groups excluding carboxylic acids is 1. The molecule has 0 bridgehead atoms. The second-order valence-electron chi connectivity index (χ2n) is 8.39. The summed E-state index contributed by atoms with van der Waals surface area (Å²) >= 11 is 0. The molecule has 2 heterocycles. The third-order valence-corrected chi connectivity index (χ3v) is 5.83. The summed E-state index contributed by atoms with van der Waals surface area (Å²) in [6.45, 7) is 3.82. The summed E-state index contributed by atoms with van der Waals surface area (Å²) in [7, 11) is -4.46. The summed E-state index contributed by atoms with van der Waals surface area (Å²) in [6.07, 6.45) is -4.78. The Bertz CT molecular complexity index is 1400. The van der Waals surface area contributed by atoms with Crippen LogP contribution in [0.25, 0.3) is 11.3 Å². The average Bonchev–Trinajstić information content (AvgIpc) is 2.80. The van der Waals surface area contributed by atoms with Crippen LogP contribution < -0.4 is 14.2 Å². The lowest BCUT2D eigenvalue weighted by Gasteiger charge is -2.15. The number of nitrogens with one attached hydrogen (secondary N) is 1. The van der Waals surface area contributed by atoms with Crippen molar-refractivity contribution in [2.24, 2.45) is 5.92 Å². The lowest BCUT2D eigenvalue weighted by molar-refractivity contribution is -0.154. The van der Waals surface area contributed by atoms with Gasteiger partial charge in [-0.1, -0.05) is 19.9 Å². The van der Waals surface area contributed by atoms with Gasteiger partial charge in [0.15, 0.2) is 11.6 Å². The van der Waals surface area contributed by atoms with Crippen LogP contribution in [0.1, 0.15) is 29.9 Å². The normalized spacial score (nSPS) is 11.9. The topological polar surface area (TPSA) is 107 Å². The van der Waals surface area contributed by atoms with Gasteiger partial charge in [-0.25, -0.2) is 19.1 Å². The summed E-state index contributed by atoms with van der Waals surface area (Å²) in [4.78, 5) is 20.5. The minimum Gasteiger partial charge on any atom is -0.493 e. The van der Waals surface area contributed by atoms with E-state index in [9.17, 15) is 30.8 Å². The number of alkyl halides is 3. The van der Waals surface area contributed by atoms with Crippen molar-refractivity contribution in [1.29, 1.82) is 0 Å². The van der Waals surface area contributed by atoms with Gasteiger partial charge in [-0.2, -0.15) is 21.6 Å². The highest BCUT2D eigenvalue weighted by atomic mass is 32.2. The molecular weight excluding hydrogens is 518 g/mol. The number of hydrogen-bond acceptors (Lipinski definition) is 7. The van der Waals surface area contributed by atoms with Crippen molar-refractivity contribution in [1.82, 2.24) is 14.7 Å². The summed E-state index contributed by atoms with van der Waals surface area (Å²) in [5.41, 5.74) is -0.121. The quantitative estimate of drug-likeness (QED) is 0.392. The summed E-state index contributed by atoms with van der Waals surface area (Å²) in [5, 5.41) is -0.461. The molecular formula is C24H23F4N3O5S. The highest BCUT2D eigenvalue weighted by Gasteiger charge is 2.31. The number of pyridine rings is 2. The predicted molar refractivity (Wildman–Crippen MR) is 125 cm³/mol. The number of amides is 1. The molecule has 198 valence electrons. The van der Waals surface area contributed by atoms with E-state index in [1.807, 2.05) is 13.8 Å². The van der Waals surface area contributed by atoms with Gasteiger partial charge in [0.25, 0.3) is 15.9 Å². The Kier molecular flexibility index (Phi) is 8.36. The molecule has 0 aliphatic heterocycles. The van der Waals surface area contributed by atoms with Crippen molar-refractivity contribution in [3.63, 3.8) is 0 Å². The first-order chi connectivity index (χ1) is 17.2. The van der Waals surface area contributed by atoms with E-state index in [-0.39, 0.29) is 22.9 Å². The fourth-order valence-electron chi connectivity index (χ4n) is 2.99. The predicted octanol–water partition coefficient (Wildman–Crippen LogP) is 4.69. The maximum Gasteiger partial charge on any atom is 0.422 e. The standard InChI is InChI=1S/C24H23F4N3O5S/c1-14(2)12-35-18-10-16(9-17(25)11-18)20-8-7-19(23(30-20)36-13-24(26,27)28)22(32)31-37(33,34)21-6-4-5-15(3)29-21/h4-11,14H,12-13H2,1-3H3,(H,31,32). The molecule has 13 heteroatoms. The number of ether oxygens (including phenoxy) is 2. The molecule has 0 saturated carbocycles. The number of benzene rings is 1. The molecule has 1 N–H and O–H groups in total. The van der Waals surface area contributed by atoms with E-state index in [1.165, 1.54) is 31.2 Å². The van der Waals surface area contributed by atoms with Gasteiger partial charge >= 0.3 is 6.18 Å². The minimum atomic E-state index is -4.78. The van der Waals surface area contributed by atoms with E-state index in [4.69, 9.17) is 9.47 Å². The molecule has 0 atom stereocenters. The van der Waals surface area contributed by atoms with Gasteiger partial charge in [0.2, 0.25) is 5.88 Å². The van der Waals surface area contributed by atoms with E-state index in [0.717, 1.165) is 24.3 Å². The fraction of sp³-hybridized carbons (Fsp3) is 0.292. The lowest BCUT2D eigenvalue weighted by Crippen LogP contribution is -2.32. The highest BCUT2D eigenvalue weighted by molar-refractivity contribution is 7.90. The molecule has 0 saturated heterocycles. The Balaban J connectivity index is 1.98. The molecule has 1 aromatic carbocycles. The third-order valence-electron chi connectivity index (χ3n) is 4.59. The van der Waals surface area contributed by atoms with E-state index in [0.29, 0.717) is 12.3 Å². The largest absolute Gasteiger partial charge is 0.493 e. The number of aromatic nitrogens is 2. The van der Waals surface area contributed by atoms with Crippen molar-refractivity contribution < 1.29 is 40.2 Å². The molecule has 3 rings (SSSR count). The number of rotatable bonds is 9. The van der Waals surface area contributed by atoms with Gasteiger partial charge in [-0.15, -0.1) is 0 Å². The van der Waals surface area contributed by atoms with Crippen LogP contribution in [-0.2, 0) is 10.0 Å². The Morgan fingerprint density at radius 2 is 1.78 bits per heavy atom. The van der Waals surface area contributed by atoms with Crippen LogP contribution in [0.3, 0.4) is 0 Å². The summed E-state index contributed by atoms with van der Waals surface area (Å²) in [6, 6.07) is 9.98. The Morgan fingerprint density at radius 3 is 2.43 bits per heavy atom. The molecule has 0 spiro atoms. The van der Waals surface area contributed by atoms with Crippen molar-refractivity contribution in [3.05, 3.63) is 65.6 Å². The van der Waals surface area contributed by atoms with Gasteiger partial charge in [0.1, 0.15) is 17.1 Å². The van der Waals surface area contributed by atoms with Crippen LogP contribution in [0.5, 0.6) is 11.6 Å². The molecule has 0 unspecified atom stereocenters. The maximum absolute atomic E-state index is 14.2. The Morgan fingerprint density at radius 1 is 1.05 bits per heavy atom. The zero-order chi connectivity index (χ0) is 27.4. The zero-order valence-electron chi connectivity index (χ0n) is 20.0. The monoisotopic (exact) mass is 541 g/mol. The molecule has 3 aromatic rings. The van der Waals surface area contributed by atoms with E-state index in [2.05, 4.69) is 9.97 Å². The molecule has 0 radical (unpaired) electrons. The van der Waals surface area contributed by atoms with Crippen LogP contribution in [0.15, 0.2) is 53.6 Å².